The Morgan fingerprint density at radius 3 is 2.74 bits per heavy atom. The molecule has 3 N–H and O–H groups in total. The summed E-state index contributed by atoms with van der Waals surface area (Å²) in [6.07, 6.45) is 0. The van der Waals surface area contributed by atoms with Crippen LogP contribution in [0.25, 0.3) is 0 Å². The standard InChI is InChI=1S/C11H14N2O6/c14-4-6-19-5-3-12-8-1-2-9(11(15)16)10(7-8)13(17)18/h1-2,7,12,14H,3-6H2,(H,15,16). The Bertz CT molecular complexity index is 462. The number of aliphatic hydroxyl groups excluding tert-OH is 1. The van der Waals surface area contributed by atoms with E-state index in [2.05, 4.69) is 5.32 Å². The highest BCUT2D eigenvalue weighted by Crippen LogP contribution is 2.23. The average Bonchev–Trinajstić information content (AvgIpc) is 2.38. The smallest absolute Gasteiger partial charge is 0.342 e. The molecule has 1 aromatic carbocycles. The number of nitro groups is 1. The third-order valence-electron chi connectivity index (χ3n) is 2.24. The van der Waals surface area contributed by atoms with Crippen LogP contribution in [0.4, 0.5) is 11.4 Å². The van der Waals surface area contributed by atoms with Gasteiger partial charge in [-0.05, 0) is 12.1 Å². The molecule has 0 aliphatic heterocycles. The number of rotatable bonds is 8. The van der Waals surface area contributed by atoms with Crippen LogP contribution in [-0.2, 0) is 4.74 Å². The first kappa shape index (κ1) is 14.9. The summed E-state index contributed by atoms with van der Waals surface area (Å²) in [5.74, 6) is -1.34. The predicted molar refractivity (Wildman–Crippen MR) is 66.5 cm³/mol. The van der Waals surface area contributed by atoms with E-state index in [-0.39, 0.29) is 18.8 Å². The molecule has 0 spiro atoms. The topological polar surface area (TPSA) is 122 Å². The third-order valence-corrected chi connectivity index (χ3v) is 2.24. The van der Waals surface area contributed by atoms with Crippen molar-refractivity contribution in [2.24, 2.45) is 0 Å². The number of hydrogen-bond donors (Lipinski definition) is 3. The van der Waals surface area contributed by atoms with E-state index in [1.165, 1.54) is 12.1 Å². The Labute approximate surface area is 108 Å². The van der Waals surface area contributed by atoms with Gasteiger partial charge in [0.25, 0.3) is 5.69 Å². The van der Waals surface area contributed by atoms with Crippen LogP contribution >= 0.6 is 0 Å². The third kappa shape index (κ3) is 4.53. The highest BCUT2D eigenvalue weighted by molar-refractivity contribution is 5.93. The van der Waals surface area contributed by atoms with Crippen LogP contribution in [0, 0.1) is 10.1 Å². The molecule has 0 saturated carbocycles. The van der Waals surface area contributed by atoms with E-state index in [4.69, 9.17) is 14.9 Å². The van der Waals surface area contributed by atoms with Crippen molar-refractivity contribution in [3.8, 4) is 0 Å². The molecule has 104 valence electrons. The number of carbonyl (C=O) groups is 1. The molecule has 0 atom stereocenters. The van der Waals surface area contributed by atoms with Gasteiger partial charge in [0.1, 0.15) is 5.56 Å². The van der Waals surface area contributed by atoms with E-state index >= 15 is 0 Å². The molecular weight excluding hydrogens is 256 g/mol. The lowest BCUT2D eigenvalue weighted by Crippen LogP contribution is -2.12. The molecule has 0 fully saturated rings. The van der Waals surface area contributed by atoms with Gasteiger partial charge in [0.15, 0.2) is 0 Å². The summed E-state index contributed by atoms with van der Waals surface area (Å²) in [5, 5.41) is 30.9. The predicted octanol–water partition coefficient (Wildman–Crippen LogP) is 0.714. The van der Waals surface area contributed by atoms with Crippen LogP contribution in [0.3, 0.4) is 0 Å². The molecular formula is C11H14N2O6. The van der Waals surface area contributed by atoms with E-state index in [1.54, 1.807) is 0 Å². The summed E-state index contributed by atoms with van der Waals surface area (Å²) >= 11 is 0. The second-order valence-corrected chi connectivity index (χ2v) is 3.56. The van der Waals surface area contributed by atoms with Gasteiger partial charge in [-0.1, -0.05) is 0 Å². The summed E-state index contributed by atoms with van der Waals surface area (Å²) in [4.78, 5) is 20.8. The lowest BCUT2D eigenvalue weighted by molar-refractivity contribution is -0.385. The molecule has 0 radical (unpaired) electrons. The van der Waals surface area contributed by atoms with Crippen LogP contribution in [0.1, 0.15) is 10.4 Å². The van der Waals surface area contributed by atoms with Crippen LogP contribution in [0.5, 0.6) is 0 Å². The Morgan fingerprint density at radius 2 is 2.16 bits per heavy atom. The molecule has 0 amide bonds. The van der Waals surface area contributed by atoms with Crippen LogP contribution in [0.2, 0.25) is 0 Å². The van der Waals surface area contributed by atoms with Crippen molar-refractivity contribution in [2.45, 2.75) is 0 Å². The normalized spacial score (nSPS) is 10.2. The molecule has 0 aliphatic carbocycles. The zero-order valence-corrected chi connectivity index (χ0v) is 10.0. The van der Waals surface area contributed by atoms with Crippen LogP contribution < -0.4 is 5.32 Å². The van der Waals surface area contributed by atoms with Gasteiger partial charge in [0.05, 0.1) is 24.7 Å². The summed E-state index contributed by atoms with van der Waals surface area (Å²) in [6, 6.07) is 3.79. The zero-order valence-electron chi connectivity index (χ0n) is 10.0. The Morgan fingerprint density at radius 1 is 1.42 bits per heavy atom. The minimum atomic E-state index is -1.34. The molecule has 0 bridgehead atoms. The molecule has 0 aromatic heterocycles. The maximum atomic E-state index is 10.8. The number of anilines is 1. The fourth-order valence-corrected chi connectivity index (χ4v) is 1.41. The maximum absolute atomic E-state index is 10.8. The van der Waals surface area contributed by atoms with E-state index in [9.17, 15) is 14.9 Å². The lowest BCUT2D eigenvalue weighted by atomic mass is 10.1. The van der Waals surface area contributed by atoms with Gasteiger partial charge in [-0.2, -0.15) is 0 Å². The molecule has 0 heterocycles. The second kappa shape index (κ2) is 7.29. The van der Waals surface area contributed by atoms with Crippen molar-refractivity contribution in [2.75, 3.05) is 31.7 Å². The van der Waals surface area contributed by atoms with Crippen molar-refractivity contribution >= 4 is 17.3 Å². The minimum absolute atomic E-state index is 0.0707. The molecule has 0 unspecified atom stereocenters. The van der Waals surface area contributed by atoms with Gasteiger partial charge in [-0.3, -0.25) is 10.1 Å². The number of hydrogen-bond acceptors (Lipinski definition) is 6. The van der Waals surface area contributed by atoms with Gasteiger partial charge < -0.3 is 20.3 Å². The van der Waals surface area contributed by atoms with E-state index in [0.29, 0.717) is 18.8 Å². The number of carboxylic acids is 1. The van der Waals surface area contributed by atoms with E-state index < -0.39 is 16.6 Å². The number of benzene rings is 1. The summed E-state index contributed by atoms with van der Waals surface area (Å²) in [6.45, 7) is 0.872. The fourth-order valence-electron chi connectivity index (χ4n) is 1.41. The zero-order chi connectivity index (χ0) is 14.3. The summed E-state index contributed by atoms with van der Waals surface area (Å²) in [7, 11) is 0. The second-order valence-electron chi connectivity index (χ2n) is 3.56. The van der Waals surface area contributed by atoms with Crippen LogP contribution in [-0.4, -0.2) is 47.5 Å². The highest BCUT2D eigenvalue weighted by Gasteiger charge is 2.19. The van der Waals surface area contributed by atoms with E-state index in [1.807, 2.05) is 0 Å². The van der Waals surface area contributed by atoms with Crippen molar-refractivity contribution in [1.29, 1.82) is 0 Å². The van der Waals surface area contributed by atoms with Gasteiger partial charge in [0.2, 0.25) is 0 Å². The van der Waals surface area contributed by atoms with Gasteiger partial charge in [-0.15, -0.1) is 0 Å². The first-order valence-electron chi connectivity index (χ1n) is 5.50. The SMILES string of the molecule is O=C(O)c1ccc(NCCOCCO)cc1[N+](=O)[O-]. The van der Waals surface area contributed by atoms with E-state index in [0.717, 1.165) is 6.07 Å². The first-order valence-corrected chi connectivity index (χ1v) is 5.50. The average molecular weight is 270 g/mol. The minimum Gasteiger partial charge on any atom is -0.477 e. The van der Waals surface area contributed by atoms with Crippen molar-refractivity contribution in [3.05, 3.63) is 33.9 Å². The Hall–Kier alpha value is -2.19. The largest absolute Gasteiger partial charge is 0.477 e. The van der Waals surface area contributed by atoms with Gasteiger partial charge in [0, 0.05) is 18.3 Å². The number of carboxylic acid groups (broad SMARTS) is 1. The Kier molecular flexibility index (Phi) is 5.71. The fraction of sp³-hybridized carbons (Fsp3) is 0.364. The number of nitrogens with zero attached hydrogens (tertiary/aromatic N) is 1. The van der Waals surface area contributed by atoms with Crippen LogP contribution in [0.15, 0.2) is 18.2 Å². The molecule has 1 aromatic rings. The Balaban J connectivity index is 2.68. The van der Waals surface area contributed by atoms with Crippen molar-refractivity contribution in [1.82, 2.24) is 0 Å². The van der Waals surface area contributed by atoms with Gasteiger partial charge >= 0.3 is 5.97 Å². The highest BCUT2D eigenvalue weighted by atomic mass is 16.6. The number of ether oxygens (including phenoxy) is 1. The monoisotopic (exact) mass is 270 g/mol. The van der Waals surface area contributed by atoms with Crippen molar-refractivity contribution in [3.63, 3.8) is 0 Å². The summed E-state index contributed by atoms with van der Waals surface area (Å²) < 4.78 is 5.00. The lowest BCUT2D eigenvalue weighted by Gasteiger charge is -2.07. The molecule has 1 rings (SSSR count). The molecule has 0 saturated heterocycles. The number of nitrogens with one attached hydrogen (secondary N) is 1. The summed E-state index contributed by atoms with van der Waals surface area (Å²) in [5.41, 5.74) is -0.384. The molecule has 0 aliphatic rings. The number of aliphatic hydroxyl groups is 1. The molecule has 8 heteroatoms. The van der Waals surface area contributed by atoms with Gasteiger partial charge in [-0.25, -0.2) is 4.79 Å². The quantitative estimate of drug-likeness (QED) is 0.361. The number of aromatic carboxylic acids is 1. The van der Waals surface area contributed by atoms with Crippen molar-refractivity contribution < 1.29 is 24.7 Å². The number of nitro benzene ring substituents is 1. The first-order chi connectivity index (χ1) is 9.06. The molecule has 19 heavy (non-hydrogen) atoms. The maximum Gasteiger partial charge on any atom is 0.342 e. The molecule has 8 nitrogen and oxygen atoms in total.